The Morgan fingerprint density at radius 1 is 1.09 bits per heavy atom. The van der Waals surface area contributed by atoms with Gasteiger partial charge in [0.15, 0.2) is 0 Å². The number of nitrogens with zero attached hydrogens (tertiary/aromatic N) is 1. The number of methoxy groups -OCH3 is 1. The van der Waals surface area contributed by atoms with E-state index in [0.29, 0.717) is 19.2 Å². The van der Waals surface area contributed by atoms with Crippen molar-refractivity contribution in [3.63, 3.8) is 0 Å². The van der Waals surface area contributed by atoms with Gasteiger partial charge in [0.2, 0.25) is 6.54 Å². The monoisotopic (exact) mass is 368 g/mol. The highest BCUT2D eigenvalue weighted by Gasteiger charge is 2.12. The number of unbranched alkanes of at least 4 members (excludes halogenated alkanes) is 3. The van der Waals surface area contributed by atoms with Crippen LogP contribution in [0.5, 0.6) is 0 Å². The Kier molecular flexibility index (Phi) is 18.2. The van der Waals surface area contributed by atoms with Crippen LogP contribution < -0.4 is 5.09 Å². The molecule has 1 unspecified atom stereocenters. The third kappa shape index (κ3) is 16.8. The van der Waals surface area contributed by atoms with Gasteiger partial charge in [0.05, 0.1) is 6.61 Å². The van der Waals surface area contributed by atoms with Crippen molar-refractivity contribution in [1.82, 2.24) is 5.09 Å². The molecule has 0 rings (SSSR count). The van der Waals surface area contributed by atoms with Gasteiger partial charge in [0, 0.05) is 18.9 Å². The molecule has 0 aliphatic carbocycles. The molecule has 0 aliphatic rings. The number of ether oxygens (including phenoxy) is 1. The van der Waals surface area contributed by atoms with Crippen molar-refractivity contribution in [1.29, 1.82) is 0 Å². The molecule has 0 spiro atoms. The van der Waals surface area contributed by atoms with E-state index in [2.05, 4.69) is 23.8 Å². The van der Waals surface area contributed by atoms with E-state index in [1.165, 1.54) is 25.0 Å². The van der Waals surface area contributed by atoms with Crippen LogP contribution in [0.3, 0.4) is 0 Å². The van der Waals surface area contributed by atoms with Gasteiger partial charge >= 0.3 is 0 Å². The summed E-state index contributed by atoms with van der Waals surface area (Å²) in [5.41, 5.74) is 0. The summed E-state index contributed by atoms with van der Waals surface area (Å²) in [6, 6.07) is 0.320. The zero-order chi connectivity index (χ0) is 16.5. The topological polar surface area (TPSA) is 44.1 Å². The molecule has 0 aliphatic heterocycles. The van der Waals surface area contributed by atoms with Gasteiger partial charge in [0.25, 0.3) is 8.53 Å². The maximum Gasteiger partial charge on any atom is 0.256 e. The van der Waals surface area contributed by atoms with Crippen LogP contribution in [0.2, 0.25) is 0 Å². The molecule has 0 amide bonds. The van der Waals surface area contributed by atoms with Crippen molar-refractivity contribution in [3.05, 3.63) is 11.4 Å². The molecule has 22 heavy (non-hydrogen) atoms. The highest BCUT2D eigenvalue weighted by molar-refractivity contribution is 8.76. The third-order valence-electron chi connectivity index (χ3n) is 2.36. The van der Waals surface area contributed by atoms with Gasteiger partial charge < -0.3 is 18.6 Å². The molecule has 0 radical (unpaired) electrons. The second-order valence-electron chi connectivity index (χ2n) is 4.85. The largest absolute Gasteiger partial charge is 0.373 e. The SMILES string of the molecule is [C-]#[N+]CCOP(NC(C)C)OCCCCCCSSCOC. The lowest BCUT2D eigenvalue weighted by atomic mass is 10.2. The van der Waals surface area contributed by atoms with E-state index in [4.69, 9.17) is 20.4 Å². The van der Waals surface area contributed by atoms with Gasteiger partial charge in [-0.2, -0.15) is 0 Å². The molecule has 0 saturated heterocycles. The van der Waals surface area contributed by atoms with E-state index in [-0.39, 0.29) is 0 Å². The second-order valence-corrected chi connectivity index (χ2v) is 8.67. The van der Waals surface area contributed by atoms with Gasteiger partial charge in [-0.15, -0.1) is 0 Å². The van der Waals surface area contributed by atoms with Crippen LogP contribution in [0.15, 0.2) is 0 Å². The fourth-order valence-corrected chi connectivity index (χ4v) is 4.39. The molecule has 0 heterocycles. The Labute approximate surface area is 144 Å². The summed E-state index contributed by atoms with van der Waals surface area (Å²) in [6.45, 7) is 12.4. The first kappa shape index (κ1) is 22.5. The van der Waals surface area contributed by atoms with Crippen molar-refractivity contribution >= 4 is 30.1 Å². The van der Waals surface area contributed by atoms with Crippen molar-refractivity contribution in [2.45, 2.75) is 45.6 Å². The number of nitrogens with one attached hydrogen (secondary N) is 1. The van der Waals surface area contributed by atoms with E-state index in [0.717, 1.165) is 19.0 Å². The molecule has 1 atom stereocenters. The number of rotatable bonds is 16. The molecule has 1 N–H and O–H groups in total. The Morgan fingerprint density at radius 2 is 1.82 bits per heavy atom. The zero-order valence-electron chi connectivity index (χ0n) is 13.9. The lowest BCUT2D eigenvalue weighted by Gasteiger charge is -2.19. The van der Waals surface area contributed by atoms with Gasteiger partial charge in [0.1, 0.15) is 12.5 Å². The molecule has 0 aromatic rings. The summed E-state index contributed by atoms with van der Waals surface area (Å²) in [6.07, 6.45) is 4.71. The first-order valence-electron chi connectivity index (χ1n) is 7.59. The fraction of sp³-hybridized carbons (Fsp3) is 0.929. The minimum absolute atomic E-state index is 0.320. The lowest BCUT2D eigenvalue weighted by Crippen LogP contribution is -2.20. The van der Waals surface area contributed by atoms with Crippen molar-refractivity contribution < 1.29 is 13.8 Å². The van der Waals surface area contributed by atoms with Crippen molar-refractivity contribution in [2.24, 2.45) is 0 Å². The summed E-state index contributed by atoms with van der Waals surface area (Å²) in [7, 11) is 4.30. The normalized spacial score (nSPS) is 12.5. The fourth-order valence-electron chi connectivity index (χ4n) is 1.40. The van der Waals surface area contributed by atoms with Crippen LogP contribution in [-0.2, 0) is 13.8 Å². The van der Waals surface area contributed by atoms with Gasteiger partial charge in [-0.25, -0.2) is 11.7 Å². The summed E-state index contributed by atoms with van der Waals surface area (Å²) < 4.78 is 16.3. The highest BCUT2D eigenvalue weighted by Crippen LogP contribution is 2.34. The molecule has 5 nitrogen and oxygen atoms in total. The lowest BCUT2D eigenvalue weighted by molar-refractivity contribution is 0.242. The molecule has 8 heteroatoms. The summed E-state index contributed by atoms with van der Waals surface area (Å²) in [5, 5.41) is 3.27. The molecule has 130 valence electrons. The van der Waals surface area contributed by atoms with Crippen LogP contribution in [0, 0.1) is 6.57 Å². The van der Waals surface area contributed by atoms with E-state index < -0.39 is 8.53 Å². The standard InChI is InChI=1S/C14H29N2O3PS2/c1-14(2)16-20(19-11-9-15-3)18-10-7-5-6-8-12-21-22-13-17-4/h14,16H,5-13H2,1-2,4H3. The van der Waals surface area contributed by atoms with Crippen LogP contribution in [-0.4, -0.2) is 44.6 Å². The summed E-state index contributed by atoms with van der Waals surface area (Å²) in [5.74, 6) is 1.94. The first-order valence-corrected chi connectivity index (χ1v) is 11.3. The van der Waals surface area contributed by atoms with Crippen molar-refractivity contribution in [3.8, 4) is 0 Å². The Bertz CT molecular complexity index is 281. The molecule has 0 fully saturated rings. The Balaban J connectivity index is 3.48. The quantitative estimate of drug-likeness (QED) is 0.140. The smallest absolute Gasteiger partial charge is 0.256 e. The summed E-state index contributed by atoms with van der Waals surface area (Å²) in [4.78, 5) is 3.28. The van der Waals surface area contributed by atoms with Crippen LogP contribution in [0.4, 0.5) is 0 Å². The summed E-state index contributed by atoms with van der Waals surface area (Å²) >= 11 is 0. The second kappa shape index (κ2) is 17.8. The van der Waals surface area contributed by atoms with E-state index in [1.54, 1.807) is 17.9 Å². The van der Waals surface area contributed by atoms with Gasteiger partial charge in [-0.1, -0.05) is 34.4 Å². The predicted molar refractivity (Wildman–Crippen MR) is 99.0 cm³/mol. The van der Waals surface area contributed by atoms with Crippen LogP contribution in [0.25, 0.3) is 4.85 Å². The average molecular weight is 369 g/mol. The molecule has 0 saturated carbocycles. The Morgan fingerprint density at radius 3 is 2.50 bits per heavy atom. The minimum Gasteiger partial charge on any atom is -0.373 e. The number of hydrogen-bond donors (Lipinski definition) is 1. The van der Waals surface area contributed by atoms with Crippen LogP contribution >= 0.6 is 30.1 Å². The predicted octanol–water partition coefficient (Wildman–Crippen LogP) is 4.71. The maximum absolute atomic E-state index is 6.75. The molecular formula is C14H29N2O3PS2. The maximum atomic E-state index is 6.75. The number of hydrogen-bond acceptors (Lipinski definition) is 6. The molecule has 0 bridgehead atoms. The van der Waals surface area contributed by atoms with Gasteiger partial charge in [-0.05, 0) is 26.7 Å². The molecule has 0 aromatic heterocycles. The van der Waals surface area contributed by atoms with Crippen LogP contribution in [0.1, 0.15) is 39.5 Å². The zero-order valence-corrected chi connectivity index (χ0v) is 16.4. The van der Waals surface area contributed by atoms with E-state index >= 15 is 0 Å². The third-order valence-corrected chi connectivity index (χ3v) is 6.16. The van der Waals surface area contributed by atoms with Gasteiger partial charge in [-0.3, -0.25) is 0 Å². The van der Waals surface area contributed by atoms with E-state index in [9.17, 15) is 0 Å². The molecular weight excluding hydrogens is 339 g/mol. The highest BCUT2D eigenvalue weighted by atomic mass is 33.1. The Hall–Kier alpha value is 0.460. The van der Waals surface area contributed by atoms with E-state index in [1.807, 2.05) is 10.8 Å². The average Bonchev–Trinajstić information content (AvgIpc) is 2.48. The first-order chi connectivity index (χ1) is 10.7. The van der Waals surface area contributed by atoms with Crippen molar-refractivity contribution in [2.75, 3.05) is 38.6 Å². The molecule has 0 aromatic carbocycles. The minimum atomic E-state index is -1.06.